The van der Waals surface area contributed by atoms with Crippen molar-refractivity contribution in [3.8, 4) is 0 Å². The molecule has 0 radical (unpaired) electrons. The second kappa shape index (κ2) is 6.30. The summed E-state index contributed by atoms with van der Waals surface area (Å²) >= 11 is 0. The Labute approximate surface area is 149 Å². The van der Waals surface area contributed by atoms with Crippen LogP contribution in [0.1, 0.15) is 49.3 Å². The minimum atomic E-state index is -0.498. The topological polar surface area (TPSA) is 48.2 Å². The molecule has 2 fully saturated rings. The fraction of sp³-hybridized carbons (Fsp3) is 0.409. The molecule has 25 heavy (non-hydrogen) atoms. The van der Waals surface area contributed by atoms with E-state index in [1.165, 1.54) is 24.7 Å². The lowest BCUT2D eigenvalue weighted by Gasteiger charge is -2.41. The van der Waals surface area contributed by atoms with Crippen LogP contribution >= 0.6 is 0 Å². The molecule has 2 aromatic carbocycles. The van der Waals surface area contributed by atoms with Crippen molar-refractivity contribution >= 4 is 5.97 Å². The minimum absolute atomic E-state index is 0.0676. The molecule has 2 atom stereocenters. The molecular formula is C22H25NO2. The Hall–Kier alpha value is -2.13. The molecule has 0 aromatic heterocycles. The summed E-state index contributed by atoms with van der Waals surface area (Å²) in [6.45, 7) is 0. The zero-order valence-corrected chi connectivity index (χ0v) is 14.7. The van der Waals surface area contributed by atoms with Crippen LogP contribution in [0.25, 0.3) is 0 Å². The maximum absolute atomic E-state index is 13.1. The summed E-state index contributed by atoms with van der Waals surface area (Å²) in [6.07, 6.45) is 5.11. The van der Waals surface area contributed by atoms with Gasteiger partial charge in [-0.3, -0.25) is 10.1 Å². The van der Waals surface area contributed by atoms with E-state index in [1.54, 1.807) is 0 Å². The highest BCUT2D eigenvalue weighted by Gasteiger charge is 2.70. The van der Waals surface area contributed by atoms with Gasteiger partial charge in [-0.15, -0.1) is 0 Å². The Balaban J connectivity index is 1.85. The predicted molar refractivity (Wildman–Crippen MR) is 98.0 cm³/mol. The average molecular weight is 335 g/mol. The molecule has 1 aliphatic carbocycles. The number of benzene rings is 2. The average Bonchev–Trinajstić information content (AvgIpc) is 3.47. The predicted octanol–water partition coefficient (Wildman–Crippen LogP) is 4.35. The molecular weight excluding hydrogens is 310 g/mol. The Morgan fingerprint density at radius 2 is 1.56 bits per heavy atom. The van der Waals surface area contributed by atoms with Crippen molar-refractivity contribution < 1.29 is 9.53 Å². The minimum Gasteiger partial charge on any atom is -0.469 e. The van der Waals surface area contributed by atoms with Gasteiger partial charge in [0.2, 0.25) is 0 Å². The van der Waals surface area contributed by atoms with Crippen LogP contribution in [-0.4, -0.2) is 13.1 Å². The van der Waals surface area contributed by atoms with Gasteiger partial charge in [-0.2, -0.15) is 0 Å². The summed E-state index contributed by atoms with van der Waals surface area (Å²) in [7, 11) is 1.53. The number of carbonyl (C=O) groups excluding carboxylic acids is 1. The third kappa shape index (κ3) is 2.41. The number of hydrogen-bond acceptors (Lipinski definition) is 3. The van der Waals surface area contributed by atoms with Gasteiger partial charge in [-0.25, -0.2) is 0 Å². The van der Waals surface area contributed by atoms with Gasteiger partial charge in [0.15, 0.2) is 0 Å². The molecule has 2 aliphatic rings. The van der Waals surface area contributed by atoms with Crippen molar-refractivity contribution in [3.63, 3.8) is 0 Å². The normalized spacial score (nSPS) is 27.5. The SMILES string of the molecule is COC(=O)C1([C@]2(c3ccccc3)N[C@H]2c2ccccc2)CCCCC1. The molecule has 2 aromatic rings. The van der Waals surface area contributed by atoms with E-state index >= 15 is 0 Å². The lowest BCUT2D eigenvalue weighted by Crippen LogP contribution is -2.47. The van der Waals surface area contributed by atoms with E-state index < -0.39 is 5.41 Å². The number of rotatable bonds is 4. The van der Waals surface area contributed by atoms with Crippen molar-refractivity contribution in [2.45, 2.75) is 43.7 Å². The van der Waals surface area contributed by atoms with Crippen LogP contribution in [0.2, 0.25) is 0 Å². The van der Waals surface area contributed by atoms with Gasteiger partial charge in [0, 0.05) is 0 Å². The zero-order valence-electron chi connectivity index (χ0n) is 14.7. The molecule has 0 amide bonds. The Bertz CT molecular complexity index is 737. The second-order valence-electron chi connectivity index (χ2n) is 7.30. The van der Waals surface area contributed by atoms with Gasteiger partial charge < -0.3 is 4.74 Å². The lowest BCUT2D eigenvalue weighted by molar-refractivity contribution is -0.158. The highest BCUT2D eigenvalue weighted by molar-refractivity contribution is 5.81. The molecule has 130 valence electrons. The highest BCUT2D eigenvalue weighted by Crippen LogP contribution is 2.64. The second-order valence-corrected chi connectivity index (χ2v) is 7.30. The first-order chi connectivity index (χ1) is 12.2. The molecule has 1 N–H and O–H groups in total. The first-order valence-electron chi connectivity index (χ1n) is 9.21. The number of nitrogens with one attached hydrogen (secondary N) is 1. The third-order valence-corrected chi connectivity index (χ3v) is 6.12. The standard InChI is InChI=1S/C22H25NO2/c1-25-20(24)21(15-9-4-10-16-21)22(18-13-7-3-8-14-18)19(23-22)17-11-5-2-6-12-17/h2-3,5-8,11-14,19,23H,4,9-10,15-16H2,1H3/t19-,22+/m0/s1. The third-order valence-electron chi connectivity index (χ3n) is 6.12. The highest BCUT2D eigenvalue weighted by atomic mass is 16.5. The first kappa shape index (κ1) is 16.3. The van der Waals surface area contributed by atoms with E-state index in [0.29, 0.717) is 0 Å². The smallest absolute Gasteiger partial charge is 0.314 e. The van der Waals surface area contributed by atoms with Gasteiger partial charge in [0.1, 0.15) is 0 Å². The number of esters is 1. The Morgan fingerprint density at radius 3 is 2.16 bits per heavy atom. The molecule has 0 bridgehead atoms. The molecule has 1 saturated heterocycles. The van der Waals surface area contributed by atoms with Crippen LogP contribution in [0, 0.1) is 5.41 Å². The van der Waals surface area contributed by atoms with Crippen molar-refractivity contribution in [2.24, 2.45) is 5.41 Å². The van der Waals surface area contributed by atoms with Crippen LogP contribution in [0.15, 0.2) is 60.7 Å². The quantitative estimate of drug-likeness (QED) is 0.667. The number of methoxy groups -OCH3 is 1. The van der Waals surface area contributed by atoms with E-state index in [9.17, 15) is 4.79 Å². The fourth-order valence-electron chi connectivity index (χ4n) is 4.92. The largest absolute Gasteiger partial charge is 0.469 e. The Morgan fingerprint density at radius 1 is 0.960 bits per heavy atom. The lowest BCUT2D eigenvalue weighted by atomic mass is 9.61. The van der Waals surface area contributed by atoms with E-state index in [4.69, 9.17) is 4.74 Å². The van der Waals surface area contributed by atoms with Crippen LogP contribution in [0.4, 0.5) is 0 Å². The number of carbonyl (C=O) groups is 1. The molecule has 1 aliphatic heterocycles. The van der Waals surface area contributed by atoms with E-state index in [-0.39, 0.29) is 17.6 Å². The number of hydrogen-bond donors (Lipinski definition) is 1. The van der Waals surface area contributed by atoms with Crippen LogP contribution < -0.4 is 5.32 Å². The molecule has 0 unspecified atom stereocenters. The summed E-state index contributed by atoms with van der Waals surface area (Å²) < 4.78 is 5.35. The molecule has 1 saturated carbocycles. The van der Waals surface area contributed by atoms with Gasteiger partial charge in [0.25, 0.3) is 0 Å². The summed E-state index contributed by atoms with van der Waals surface area (Å²) in [6, 6.07) is 21.1. The van der Waals surface area contributed by atoms with Gasteiger partial charge >= 0.3 is 5.97 Å². The summed E-state index contributed by atoms with van der Waals surface area (Å²) in [4.78, 5) is 13.1. The molecule has 4 rings (SSSR count). The molecule has 0 spiro atoms. The fourth-order valence-corrected chi connectivity index (χ4v) is 4.92. The van der Waals surface area contributed by atoms with Crippen LogP contribution in [-0.2, 0) is 15.1 Å². The zero-order chi connectivity index (χ0) is 17.3. The van der Waals surface area contributed by atoms with Crippen molar-refractivity contribution in [1.82, 2.24) is 5.32 Å². The summed E-state index contributed by atoms with van der Waals surface area (Å²) in [5.41, 5.74) is 1.56. The molecule has 3 nitrogen and oxygen atoms in total. The first-order valence-corrected chi connectivity index (χ1v) is 9.21. The summed E-state index contributed by atoms with van der Waals surface area (Å²) in [5.74, 6) is -0.0676. The van der Waals surface area contributed by atoms with Crippen LogP contribution in [0.5, 0.6) is 0 Å². The van der Waals surface area contributed by atoms with E-state index in [0.717, 1.165) is 25.7 Å². The van der Waals surface area contributed by atoms with E-state index in [1.807, 2.05) is 12.1 Å². The van der Waals surface area contributed by atoms with Crippen molar-refractivity contribution in [3.05, 3.63) is 71.8 Å². The summed E-state index contributed by atoms with van der Waals surface area (Å²) in [5, 5.41) is 3.74. The Kier molecular flexibility index (Phi) is 4.12. The van der Waals surface area contributed by atoms with Crippen molar-refractivity contribution in [1.29, 1.82) is 0 Å². The maximum Gasteiger partial charge on any atom is 0.314 e. The molecule has 1 heterocycles. The maximum atomic E-state index is 13.1. The van der Waals surface area contributed by atoms with Gasteiger partial charge in [-0.05, 0) is 24.0 Å². The monoisotopic (exact) mass is 335 g/mol. The molecule has 3 heteroatoms. The van der Waals surface area contributed by atoms with Gasteiger partial charge in [0.05, 0.1) is 24.1 Å². The van der Waals surface area contributed by atoms with Crippen LogP contribution in [0.3, 0.4) is 0 Å². The van der Waals surface area contributed by atoms with E-state index in [2.05, 4.69) is 53.8 Å². The van der Waals surface area contributed by atoms with Gasteiger partial charge in [-0.1, -0.05) is 79.9 Å². The van der Waals surface area contributed by atoms with Crippen molar-refractivity contribution in [2.75, 3.05) is 7.11 Å². The number of ether oxygens (including phenoxy) is 1.